The average Bonchev–Trinajstić information content (AvgIpc) is 3.02. The summed E-state index contributed by atoms with van der Waals surface area (Å²) >= 11 is 0. The second kappa shape index (κ2) is 6.43. The van der Waals surface area contributed by atoms with E-state index in [4.69, 9.17) is 9.94 Å². The molecule has 2 fully saturated rings. The number of carbonyl (C=O) groups excluding carboxylic acids is 1. The van der Waals surface area contributed by atoms with Crippen molar-refractivity contribution in [1.29, 1.82) is 5.26 Å². The standard InChI is InChI=1S/C19H23N2O5S/c1-18(2)15-8-9-19(18,17(23)10-15)27(24,25)21(26-3)16(11-20)14-6-4-13(12-22)5-7-14/h4-7,15,22H,8-10,12H2,1-3H3/q+1. The summed E-state index contributed by atoms with van der Waals surface area (Å²) in [6.45, 7) is 3.45. The van der Waals surface area contributed by atoms with Crippen molar-refractivity contribution >= 4 is 21.5 Å². The van der Waals surface area contributed by atoms with E-state index in [-0.39, 0.29) is 36.9 Å². The summed E-state index contributed by atoms with van der Waals surface area (Å²) in [5.41, 5.74) is 0.0120. The highest BCUT2D eigenvalue weighted by atomic mass is 32.2. The summed E-state index contributed by atoms with van der Waals surface area (Å²) in [5, 5.41) is 18.8. The summed E-state index contributed by atoms with van der Waals surface area (Å²) in [6.07, 6.45) is 1.12. The molecule has 2 atom stereocenters. The van der Waals surface area contributed by atoms with Gasteiger partial charge in [-0.3, -0.25) is 9.63 Å². The summed E-state index contributed by atoms with van der Waals surface area (Å²) in [7, 11) is -3.13. The molecule has 2 unspecified atom stereocenters. The van der Waals surface area contributed by atoms with Gasteiger partial charge in [-0.05, 0) is 36.5 Å². The Balaban J connectivity index is 2.22. The number of aliphatic hydroxyl groups excluding tert-OH is 1. The van der Waals surface area contributed by atoms with E-state index in [1.54, 1.807) is 24.3 Å². The predicted octanol–water partition coefficient (Wildman–Crippen LogP) is 1.54. The van der Waals surface area contributed by atoms with Crippen LogP contribution in [0.25, 0.3) is 0 Å². The normalized spacial score (nSPS) is 27.2. The van der Waals surface area contributed by atoms with Crippen molar-refractivity contribution < 1.29 is 27.3 Å². The van der Waals surface area contributed by atoms with Gasteiger partial charge in [0.15, 0.2) is 23.7 Å². The van der Waals surface area contributed by atoms with E-state index in [0.717, 1.165) is 0 Å². The van der Waals surface area contributed by atoms with Gasteiger partial charge < -0.3 is 5.11 Å². The molecule has 7 nitrogen and oxygen atoms in total. The minimum absolute atomic E-state index is 0.00727. The summed E-state index contributed by atoms with van der Waals surface area (Å²) in [4.78, 5) is 18.0. The van der Waals surface area contributed by atoms with Crippen LogP contribution in [0, 0.1) is 22.7 Å². The Hall–Kier alpha value is -2.24. The smallest absolute Gasteiger partial charge is 0.392 e. The quantitative estimate of drug-likeness (QED) is 0.463. The van der Waals surface area contributed by atoms with Crippen molar-refractivity contribution in [3.63, 3.8) is 0 Å². The number of aliphatic hydroxyl groups is 1. The number of carbonyl (C=O) groups is 1. The van der Waals surface area contributed by atoms with Crippen molar-refractivity contribution in [2.24, 2.45) is 11.3 Å². The number of nitriles is 1. The molecule has 0 spiro atoms. The van der Waals surface area contributed by atoms with Gasteiger partial charge in [0, 0.05) is 11.8 Å². The Morgan fingerprint density at radius 2 is 2.00 bits per heavy atom. The van der Waals surface area contributed by atoms with Crippen LogP contribution in [0.3, 0.4) is 0 Å². The monoisotopic (exact) mass is 391 g/mol. The molecule has 0 aromatic heterocycles. The SMILES string of the molecule is CO[N+](=C(C#N)c1ccc(CO)cc1)S(=O)(=O)C12CCC(CC1=O)C2(C)C. The van der Waals surface area contributed by atoms with Crippen molar-refractivity contribution in [2.45, 2.75) is 44.5 Å². The summed E-state index contributed by atoms with van der Waals surface area (Å²) in [5.74, 6) is -0.299. The van der Waals surface area contributed by atoms with Crippen LogP contribution in [-0.4, -0.2) is 41.0 Å². The maximum Gasteiger partial charge on any atom is 0.422 e. The van der Waals surface area contributed by atoms with Crippen LogP contribution < -0.4 is 0 Å². The maximum absolute atomic E-state index is 13.6. The van der Waals surface area contributed by atoms with E-state index in [1.165, 1.54) is 7.11 Å². The first kappa shape index (κ1) is 19.5. The van der Waals surface area contributed by atoms with Gasteiger partial charge in [-0.25, -0.2) is 0 Å². The first-order valence-electron chi connectivity index (χ1n) is 8.77. The van der Waals surface area contributed by atoms with Crippen LogP contribution >= 0.6 is 0 Å². The van der Waals surface area contributed by atoms with Crippen molar-refractivity contribution in [3.8, 4) is 6.07 Å². The van der Waals surface area contributed by atoms with Crippen LogP contribution in [0.5, 0.6) is 0 Å². The topological polar surface area (TPSA) is 107 Å². The molecule has 2 bridgehead atoms. The predicted molar refractivity (Wildman–Crippen MR) is 97.1 cm³/mol. The van der Waals surface area contributed by atoms with Gasteiger partial charge in [-0.2, -0.15) is 13.7 Å². The minimum atomic E-state index is -4.30. The molecule has 3 rings (SSSR count). The van der Waals surface area contributed by atoms with Crippen LogP contribution in [0.2, 0.25) is 0 Å². The highest BCUT2D eigenvalue weighted by molar-refractivity contribution is 7.87. The third-order valence-corrected chi connectivity index (χ3v) is 8.92. The number of hydrogen-bond donors (Lipinski definition) is 1. The molecule has 2 saturated carbocycles. The number of ketones is 1. The zero-order valence-electron chi connectivity index (χ0n) is 15.6. The van der Waals surface area contributed by atoms with E-state index in [1.807, 2.05) is 19.9 Å². The van der Waals surface area contributed by atoms with E-state index in [0.29, 0.717) is 21.7 Å². The molecular formula is C19H23N2O5S+. The third-order valence-electron chi connectivity index (χ3n) is 6.31. The molecule has 144 valence electrons. The number of rotatable bonds is 5. The van der Waals surface area contributed by atoms with Gasteiger partial charge >= 0.3 is 15.7 Å². The lowest BCUT2D eigenvalue weighted by Gasteiger charge is -2.31. The lowest BCUT2D eigenvalue weighted by atomic mass is 9.81. The molecule has 0 saturated heterocycles. The Bertz CT molecular complexity index is 957. The van der Waals surface area contributed by atoms with Gasteiger partial charge in [0.2, 0.25) is 0 Å². The fourth-order valence-corrected chi connectivity index (χ4v) is 7.11. The minimum Gasteiger partial charge on any atom is -0.392 e. The van der Waals surface area contributed by atoms with E-state index in [2.05, 4.69) is 0 Å². The number of Topliss-reactive ketones (excluding diaryl/α,β-unsaturated/α-hetero) is 1. The fraction of sp³-hybridized carbons (Fsp3) is 0.526. The molecule has 8 heteroatoms. The van der Waals surface area contributed by atoms with Crippen LogP contribution in [0.15, 0.2) is 24.3 Å². The molecule has 1 aromatic rings. The zero-order valence-corrected chi connectivity index (χ0v) is 16.4. The van der Waals surface area contributed by atoms with Crippen molar-refractivity contribution in [2.75, 3.05) is 7.11 Å². The lowest BCUT2D eigenvalue weighted by molar-refractivity contribution is -0.665. The molecule has 27 heavy (non-hydrogen) atoms. The average molecular weight is 391 g/mol. The molecule has 2 aliphatic rings. The van der Waals surface area contributed by atoms with Gasteiger partial charge in [-0.15, -0.1) is 0 Å². The molecule has 1 aromatic carbocycles. The van der Waals surface area contributed by atoms with Crippen molar-refractivity contribution in [3.05, 3.63) is 35.4 Å². The Kier molecular flexibility index (Phi) is 4.65. The molecule has 1 N–H and O–H groups in total. The number of sulfonamides is 1. The van der Waals surface area contributed by atoms with Crippen LogP contribution in [0.4, 0.5) is 0 Å². The molecule has 0 aliphatic heterocycles. The molecule has 0 heterocycles. The summed E-state index contributed by atoms with van der Waals surface area (Å²) < 4.78 is 26.3. The maximum atomic E-state index is 13.6. The molecule has 2 aliphatic carbocycles. The highest BCUT2D eigenvalue weighted by Crippen LogP contribution is 2.62. The van der Waals surface area contributed by atoms with Gasteiger partial charge in [0.1, 0.15) is 4.14 Å². The van der Waals surface area contributed by atoms with E-state index < -0.39 is 20.2 Å². The zero-order chi connectivity index (χ0) is 20.0. The highest BCUT2D eigenvalue weighted by Gasteiger charge is 2.76. The molecular weight excluding hydrogens is 368 g/mol. The van der Waals surface area contributed by atoms with Gasteiger partial charge in [0.05, 0.1) is 12.2 Å². The number of fused-ring (bicyclic) bond motifs is 2. The first-order chi connectivity index (χ1) is 12.7. The van der Waals surface area contributed by atoms with Gasteiger partial charge in [-0.1, -0.05) is 26.0 Å². The molecule has 0 amide bonds. The molecule has 0 radical (unpaired) electrons. The summed E-state index contributed by atoms with van der Waals surface area (Å²) in [6, 6.07) is 8.18. The van der Waals surface area contributed by atoms with Crippen LogP contribution in [-0.2, 0) is 26.3 Å². The second-order valence-corrected chi connectivity index (χ2v) is 9.62. The Morgan fingerprint density at radius 3 is 2.41 bits per heavy atom. The first-order valence-corrected chi connectivity index (χ1v) is 10.2. The number of hydrogen-bond acceptors (Lipinski definition) is 6. The van der Waals surface area contributed by atoms with E-state index >= 15 is 0 Å². The Labute approximate surface area is 158 Å². The number of benzene rings is 1. The second-order valence-electron chi connectivity index (χ2n) is 7.64. The lowest BCUT2D eigenvalue weighted by Crippen LogP contribution is -2.55. The fourth-order valence-electron chi connectivity index (χ4n) is 4.67. The van der Waals surface area contributed by atoms with E-state index in [9.17, 15) is 18.5 Å². The largest absolute Gasteiger partial charge is 0.422 e. The number of nitrogens with zero attached hydrogens (tertiary/aromatic N) is 2. The van der Waals surface area contributed by atoms with Crippen LogP contribution in [0.1, 0.15) is 44.2 Å². The van der Waals surface area contributed by atoms with Crippen molar-refractivity contribution in [1.82, 2.24) is 0 Å². The third kappa shape index (κ3) is 2.45. The Morgan fingerprint density at radius 1 is 1.37 bits per heavy atom. The van der Waals surface area contributed by atoms with Gasteiger partial charge in [0.25, 0.3) is 0 Å².